The Balaban J connectivity index is 1.55. The molecule has 4 aromatic rings. The van der Waals surface area contributed by atoms with E-state index < -0.39 is 48.9 Å². The summed E-state index contributed by atoms with van der Waals surface area (Å²) in [5.41, 5.74) is 2.20. The summed E-state index contributed by atoms with van der Waals surface area (Å²) in [6.07, 6.45) is 0. The van der Waals surface area contributed by atoms with Gasteiger partial charge in [-0.2, -0.15) is 0 Å². The van der Waals surface area contributed by atoms with Gasteiger partial charge in [0.25, 0.3) is 23.6 Å². The van der Waals surface area contributed by atoms with Crippen molar-refractivity contribution < 1.29 is 29.4 Å². The molecule has 4 amide bonds. The molecule has 0 atom stereocenters. The molecule has 2 heterocycles. The number of benzene rings is 4. The van der Waals surface area contributed by atoms with E-state index in [1.54, 1.807) is 0 Å². The minimum Gasteiger partial charge on any atom is -0.394 e. The van der Waals surface area contributed by atoms with E-state index in [9.17, 15) is 29.4 Å². The number of carbonyl (C=O) groups is 4. The second-order valence-electron chi connectivity index (χ2n) is 9.27. The van der Waals surface area contributed by atoms with Crippen LogP contribution in [0, 0.1) is 0 Å². The second-order valence-corrected chi connectivity index (χ2v) is 9.27. The molecular formula is C30H22N2O6. The Morgan fingerprint density at radius 1 is 0.500 bits per heavy atom. The summed E-state index contributed by atoms with van der Waals surface area (Å²) < 4.78 is 0. The lowest BCUT2D eigenvalue weighted by atomic mass is 9.84. The molecular weight excluding hydrogens is 484 g/mol. The van der Waals surface area contributed by atoms with Crippen LogP contribution in [0.4, 0.5) is 0 Å². The van der Waals surface area contributed by atoms with E-state index in [1.165, 1.54) is 29.2 Å². The van der Waals surface area contributed by atoms with Gasteiger partial charge in [-0.25, -0.2) is 0 Å². The Kier molecular flexibility index (Phi) is 5.63. The van der Waals surface area contributed by atoms with E-state index in [4.69, 9.17) is 0 Å². The maximum atomic E-state index is 14.0. The third-order valence-electron chi connectivity index (χ3n) is 7.23. The average Bonchev–Trinajstić information content (AvgIpc) is 2.96. The zero-order chi connectivity index (χ0) is 26.6. The maximum absolute atomic E-state index is 14.0. The fourth-order valence-electron chi connectivity index (χ4n) is 5.46. The van der Waals surface area contributed by atoms with Crippen molar-refractivity contribution in [2.45, 2.75) is 12.1 Å². The topological polar surface area (TPSA) is 115 Å². The van der Waals surface area contributed by atoms with Crippen molar-refractivity contribution in [1.29, 1.82) is 0 Å². The minimum absolute atomic E-state index is 0.129. The predicted molar refractivity (Wildman–Crippen MR) is 138 cm³/mol. The number of aliphatic hydroxyl groups excluding tert-OH is 2. The molecule has 38 heavy (non-hydrogen) atoms. The van der Waals surface area contributed by atoms with Crippen molar-refractivity contribution >= 4 is 34.4 Å². The van der Waals surface area contributed by atoms with Gasteiger partial charge in [-0.05, 0) is 35.4 Å². The van der Waals surface area contributed by atoms with Gasteiger partial charge in [0.1, 0.15) is 0 Å². The minimum atomic E-state index is -1.11. The van der Waals surface area contributed by atoms with Gasteiger partial charge in [-0.15, -0.1) is 0 Å². The normalized spacial score (nSPS) is 14.8. The number of hydrogen-bond donors (Lipinski definition) is 2. The molecule has 0 unspecified atom stereocenters. The van der Waals surface area contributed by atoms with Gasteiger partial charge in [0.05, 0.1) is 25.3 Å². The summed E-state index contributed by atoms with van der Waals surface area (Å²) in [6, 6.07) is 22.7. The standard InChI is InChI=1S/C30H22N2O6/c33-15-19(16-34)31-27(35)20-11-13-22-25-23(14-12-21(24(20)25)28(31)36)30(38)32(29(22)37)26(17-7-3-1-4-8-17)18-9-5-2-6-10-18/h1-14,19,26,33-34H,15-16H2. The number of imide groups is 2. The maximum Gasteiger partial charge on any atom is 0.262 e. The number of carbonyl (C=O) groups excluding carboxylic acids is 4. The van der Waals surface area contributed by atoms with Crippen LogP contribution in [0.3, 0.4) is 0 Å². The highest BCUT2D eigenvalue weighted by Gasteiger charge is 2.43. The average molecular weight is 507 g/mol. The summed E-state index contributed by atoms with van der Waals surface area (Å²) in [4.78, 5) is 56.7. The summed E-state index contributed by atoms with van der Waals surface area (Å²) in [5, 5.41) is 19.8. The number of rotatable bonds is 6. The van der Waals surface area contributed by atoms with Crippen LogP contribution in [0.2, 0.25) is 0 Å². The number of nitrogens with zero attached hydrogens (tertiary/aromatic N) is 2. The number of amides is 4. The van der Waals surface area contributed by atoms with Gasteiger partial charge < -0.3 is 10.2 Å². The van der Waals surface area contributed by atoms with Gasteiger partial charge in [0.2, 0.25) is 0 Å². The van der Waals surface area contributed by atoms with Crippen molar-refractivity contribution in [1.82, 2.24) is 9.80 Å². The van der Waals surface area contributed by atoms with Crippen LogP contribution in [0.1, 0.15) is 58.6 Å². The molecule has 0 aliphatic carbocycles. The molecule has 2 N–H and O–H groups in total. The van der Waals surface area contributed by atoms with Crippen LogP contribution in [-0.4, -0.2) is 62.9 Å². The molecule has 2 aliphatic heterocycles. The van der Waals surface area contributed by atoms with Gasteiger partial charge in [-0.3, -0.25) is 29.0 Å². The molecule has 2 aliphatic rings. The fourth-order valence-corrected chi connectivity index (χ4v) is 5.46. The first-order valence-electron chi connectivity index (χ1n) is 12.1. The van der Waals surface area contributed by atoms with E-state index >= 15 is 0 Å². The molecule has 6 rings (SSSR count). The zero-order valence-corrected chi connectivity index (χ0v) is 20.1. The molecule has 188 valence electrons. The SMILES string of the molecule is O=C1c2ccc3c4c(ccc(c24)C(=O)N1C(CO)CO)C(=O)N(C(c1ccccc1)c1ccccc1)C3=O. The molecule has 0 fully saturated rings. The molecule has 4 aromatic carbocycles. The van der Waals surface area contributed by atoms with Crippen LogP contribution in [0.15, 0.2) is 84.9 Å². The quantitative estimate of drug-likeness (QED) is 0.388. The van der Waals surface area contributed by atoms with Crippen LogP contribution >= 0.6 is 0 Å². The highest BCUT2D eigenvalue weighted by Crippen LogP contribution is 2.41. The third kappa shape index (κ3) is 3.31. The lowest BCUT2D eigenvalue weighted by Crippen LogP contribution is -2.50. The Hall–Kier alpha value is -4.66. The van der Waals surface area contributed by atoms with Crippen molar-refractivity contribution in [3.8, 4) is 0 Å². The van der Waals surface area contributed by atoms with Gasteiger partial charge >= 0.3 is 0 Å². The van der Waals surface area contributed by atoms with Gasteiger partial charge in [-0.1, -0.05) is 60.7 Å². The lowest BCUT2D eigenvalue weighted by molar-refractivity contribution is 0.0373. The van der Waals surface area contributed by atoms with E-state index in [2.05, 4.69) is 0 Å². The van der Waals surface area contributed by atoms with Crippen LogP contribution in [-0.2, 0) is 0 Å². The molecule has 0 bridgehead atoms. The molecule has 0 spiro atoms. The van der Waals surface area contributed by atoms with E-state index in [1.807, 2.05) is 60.7 Å². The Bertz CT molecular complexity index is 1520. The van der Waals surface area contributed by atoms with E-state index in [0.717, 1.165) is 16.0 Å². The smallest absolute Gasteiger partial charge is 0.262 e. The first kappa shape index (κ1) is 23.7. The highest BCUT2D eigenvalue weighted by molar-refractivity contribution is 6.33. The van der Waals surface area contributed by atoms with Gasteiger partial charge in [0.15, 0.2) is 0 Å². The molecule has 8 heteroatoms. The Morgan fingerprint density at radius 3 is 1.18 bits per heavy atom. The number of hydrogen-bond acceptors (Lipinski definition) is 6. The van der Waals surface area contributed by atoms with Crippen LogP contribution in [0.25, 0.3) is 10.8 Å². The largest absolute Gasteiger partial charge is 0.394 e. The highest BCUT2D eigenvalue weighted by atomic mass is 16.3. The summed E-state index contributed by atoms with van der Waals surface area (Å²) in [7, 11) is 0. The second kappa shape index (κ2) is 9.02. The van der Waals surface area contributed by atoms with Crippen molar-refractivity contribution in [3.63, 3.8) is 0 Å². The Labute approximate surface area is 217 Å². The van der Waals surface area contributed by atoms with Crippen LogP contribution < -0.4 is 0 Å². The molecule has 0 radical (unpaired) electrons. The summed E-state index contributed by atoms with van der Waals surface area (Å²) in [6.45, 7) is -1.20. The molecule has 0 saturated carbocycles. The summed E-state index contributed by atoms with van der Waals surface area (Å²) in [5.74, 6) is -2.47. The molecule has 8 nitrogen and oxygen atoms in total. The van der Waals surface area contributed by atoms with E-state index in [-0.39, 0.29) is 33.0 Å². The van der Waals surface area contributed by atoms with Gasteiger partial charge in [0, 0.05) is 33.0 Å². The molecule has 0 aromatic heterocycles. The number of aliphatic hydroxyl groups is 2. The van der Waals surface area contributed by atoms with E-state index in [0.29, 0.717) is 0 Å². The first-order chi connectivity index (χ1) is 18.5. The summed E-state index contributed by atoms with van der Waals surface area (Å²) >= 11 is 0. The fraction of sp³-hybridized carbons (Fsp3) is 0.133. The van der Waals surface area contributed by atoms with Crippen molar-refractivity contribution in [3.05, 3.63) is 118 Å². The van der Waals surface area contributed by atoms with Crippen molar-refractivity contribution in [2.24, 2.45) is 0 Å². The van der Waals surface area contributed by atoms with Crippen molar-refractivity contribution in [2.75, 3.05) is 13.2 Å². The zero-order valence-electron chi connectivity index (χ0n) is 20.1. The monoisotopic (exact) mass is 506 g/mol. The Morgan fingerprint density at radius 2 is 0.842 bits per heavy atom. The lowest BCUT2D eigenvalue weighted by Gasteiger charge is -2.36. The third-order valence-corrected chi connectivity index (χ3v) is 7.23. The van der Waals surface area contributed by atoms with Crippen LogP contribution in [0.5, 0.6) is 0 Å². The first-order valence-corrected chi connectivity index (χ1v) is 12.1. The predicted octanol–water partition coefficient (Wildman–Crippen LogP) is 3.17. The molecule has 0 saturated heterocycles.